The van der Waals surface area contributed by atoms with Crippen LogP contribution in [-0.4, -0.2) is 39.4 Å². The van der Waals surface area contributed by atoms with E-state index in [9.17, 15) is 0 Å². The zero-order chi connectivity index (χ0) is 14.9. The van der Waals surface area contributed by atoms with Crippen molar-refractivity contribution >= 4 is 0 Å². The molecule has 2 heterocycles. The first-order chi connectivity index (χ1) is 10.1. The molecule has 1 saturated heterocycles. The van der Waals surface area contributed by atoms with Gasteiger partial charge in [0.25, 0.3) is 0 Å². The third-order valence-electron chi connectivity index (χ3n) is 5.50. The first-order valence-corrected chi connectivity index (χ1v) is 8.63. The molecule has 1 saturated carbocycles. The van der Waals surface area contributed by atoms with Gasteiger partial charge in [0, 0.05) is 49.5 Å². The van der Waals surface area contributed by atoms with Crippen molar-refractivity contribution in [3.63, 3.8) is 0 Å². The summed E-state index contributed by atoms with van der Waals surface area (Å²) in [5, 5.41) is 8.26. The maximum atomic E-state index is 4.44. The fourth-order valence-electron chi connectivity index (χ4n) is 4.01. The van der Waals surface area contributed by atoms with Crippen molar-refractivity contribution in [3.05, 3.63) is 18.0 Å². The molecule has 1 spiro atoms. The molecule has 2 aliphatic rings. The number of aromatic nitrogens is 2. The van der Waals surface area contributed by atoms with E-state index < -0.39 is 0 Å². The normalized spacial score (nSPS) is 26.0. The average Bonchev–Trinajstić information content (AvgIpc) is 3.11. The lowest BCUT2D eigenvalue weighted by Gasteiger charge is -2.49. The number of nitrogens with one attached hydrogen (secondary N) is 1. The van der Waals surface area contributed by atoms with E-state index in [1.54, 1.807) is 0 Å². The summed E-state index contributed by atoms with van der Waals surface area (Å²) < 4.78 is 2.04. The second-order valence-electron chi connectivity index (χ2n) is 7.25. The Morgan fingerprint density at radius 2 is 2.14 bits per heavy atom. The summed E-state index contributed by atoms with van der Waals surface area (Å²) in [4.78, 5) is 2.76. The summed E-state index contributed by atoms with van der Waals surface area (Å²) in [7, 11) is 0. The van der Waals surface area contributed by atoms with Crippen LogP contribution in [-0.2, 0) is 13.1 Å². The van der Waals surface area contributed by atoms with Crippen LogP contribution in [0.5, 0.6) is 0 Å². The molecule has 1 aromatic heterocycles. The summed E-state index contributed by atoms with van der Waals surface area (Å²) in [6, 6.07) is 0.623. The van der Waals surface area contributed by atoms with E-state index in [4.69, 9.17) is 0 Å². The largest absolute Gasteiger partial charge is 0.311 e. The van der Waals surface area contributed by atoms with Gasteiger partial charge in [-0.2, -0.15) is 5.10 Å². The van der Waals surface area contributed by atoms with Gasteiger partial charge in [0.15, 0.2) is 0 Å². The van der Waals surface area contributed by atoms with Crippen LogP contribution in [0.3, 0.4) is 0 Å². The number of rotatable bonds is 4. The van der Waals surface area contributed by atoms with E-state index >= 15 is 0 Å². The number of piperazine rings is 1. The third-order valence-corrected chi connectivity index (χ3v) is 5.50. The second kappa shape index (κ2) is 6.09. The van der Waals surface area contributed by atoms with Gasteiger partial charge in [0.05, 0.1) is 6.20 Å². The minimum absolute atomic E-state index is 0.402. The zero-order valence-electron chi connectivity index (χ0n) is 13.8. The fraction of sp³-hybridized carbons (Fsp3) is 0.824. The van der Waals surface area contributed by atoms with Crippen molar-refractivity contribution in [2.75, 3.05) is 13.1 Å². The SMILES string of the molecule is CCn1cc(CN2CC(C(C)C)NCC23CCCC3)cn1. The molecular formula is C17H30N4. The Labute approximate surface area is 128 Å². The molecule has 118 valence electrons. The molecule has 1 aliphatic carbocycles. The lowest BCUT2D eigenvalue weighted by atomic mass is 9.88. The molecule has 4 heteroatoms. The predicted molar refractivity (Wildman–Crippen MR) is 86.1 cm³/mol. The molecule has 1 aromatic rings. The second-order valence-corrected chi connectivity index (χ2v) is 7.25. The molecule has 1 atom stereocenters. The van der Waals surface area contributed by atoms with Crippen LogP contribution in [0.1, 0.15) is 52.0 Å². The van der Waals surface area contributed by atoms with Crippen LogP contribution in [0.4, 0.5) is 0 Å². The van der Waals surface area contributed by atoms with Gasteiger partial charge >= 0.3 is 0 Å². The maximum absolute atomic E-state index is 4.44. The summed E-state index contributed by atoms with van der Waals surface area (Å²) in [6.45, 7) is 11.2. The Morgan fingerprint density at radius 3 is 2.76 bits per heavy atom. The Morgan fingerprint density at radius 1 is 1.38 bits per heavy atom. The summed E-state index contributed by atoms with van der Waals surface area (Å²) in [5.41, 5.74) is 1.77. The lowest BCUT2D eigenvalue weighted by molar-refractivity contribution is 0.0260. The molecule has 0 bridgehead atoms. The summed E-state index contributed by atoms with van der Waals surface area (Å²) in [6.07, 6.45) is 9.75. The third kappa shape index (κ3) is 3.02. The molecule has 1 aliphatic heterocycles. The van der Waals surface area contributed by atoms with Crippen LogP contribution >= 0.6 is 0 Å². The minimum Gasteiger partial charge on any atom is -0.311 e. The topological polar surface area (TPSA) is 33.1 Å². The van der Waals surface area contributed by atoms with Crippen molar-refractivity contribution in [1.82, 2.24) is 20.0 Å². The van der Waals surface area contributed by atoms with Gasteiger partial charge in [-0.05, 0) is 25.7 Å². The number of aryl methyl sites for hydroxylation is 1. The van der Waals surface area contributed by atoms with E-state index in [1.165, 1.54) is 37.8 Å². The molecule has 3 rings (SSSR count). The van der Waals surface area contributed by atoms with Gasteiger partial charge in [-0.25, -0.2) is 0 Å². The maximum Gasteiger partial charge on any atom is 0.0534 e. The smallest absolute Gasteiger partial charge is 0.0534 e. The first-order valence-electron chi connectivity index (χ1n) is 8.63. The lowest BCUT2D eigenvalue weighted by Crippen LogP contribution is -2.64. The highest BCUT2D eigenvalue weighted by Gasteiger charge is 2.43. The van der Waals surface area contributed by atoms with Crippen LogP contribution in [0.25, 0.3) is 0 Å². The van der Waals surface area contributed by atoms with Crippen LogP contribution in [0.15, 0.2) is 12.4 Å². The van der Waals surface area contributed by atoms with Gasteiger partial charge in [-0.1, -0.05) is 26.7 Å². The Balaban J connectivity index is 1.76. The molecule has 4 nitrogen and oxygen atoms in total. The Bertz CT molecular complexity index is 459. The number of hydrogen-bond acceptors (Lipinski definition) is 3. The molecule has 1 N–H and O–H groups in total. The van der Waals surface area contributed by atoms with Crippen molar-refractivity contribution in [3.8, 4) is 0 Å². The first kappa shape index (κ1) is 15.0. The molecule has 1 unspecified atom stereocenters. The van der Waals surface area contributed by atoms with E-state index in [2.05, 4.69) is 48.5 Å². The van der Waals surface area contributed by atoms with Gasteiger partial charge in [0.1, 0.15) is 0 Å². The highest BCUT2D eigenvalue weighted by atomic mass is 15.3. The van der Waals surface area contributed by atoms with Crippen LogP contribution in [0.2, 0.25) is 0 Å². The van der Waals surface area contributed by atoms with Gasteiger partial charge in [-0.3, -0.25) is 9.58 Å². The van der Waals surface area contributed by atoms with E-state index in [0.29, 0.717) is 17.5 Å². The molecule has 0 amide bonds. The predicted octanol–water partition coefficient (Wildman–Crippen LogP) is 2.65. The molecule has 2 fully saturated rings. The monoisotopic (exact) mass is 290 g/mol. The number of hydrogen-bond donors (Lipinski definition) is 1. The van der Waals surface area contributed by atoms with Gasteiger partial charge in [-0.15, -0.1) is 0 Å². The molecule has 21 heavy (non-hydrogen) atoms. The average molecular weight is 290 g/mol. The van der Waals surface area contributed by atoms with E-state index in [-0.39, 0.29) is 0 Å². The van der Waals surface area contributed by atoms with Gasteiger partial charge in [0.2, 0.25) is 0 Å². The van der Waals surface area contributed by atoms with Crippen molar-refractivity contribution in [1.29, 1.82) is 0 Å². The zero-order valence-corrected chi connectivity index (χ0v) is 13.8. The quantitative estimate of drug-likeness (QED) is 0.925. The van der Waals surface area contributed by atoms with Gasteiger partial charge < -0.3 is 5.32 Å². The fourth-order valence-corrected chi connectivity index (χ4v) is 4.01. The van der Waals surface area contributed by atoms with Crippen molar-refractivity contribution in [2.45, 2.75) is 71.1 Å². The highest BCUT2D eigenvalue weighted by molar-refractivity contribution is 5.09. The van der Waals surface area contributed by atoms with Crippen LogP contribution < -0.4 is 5.32 Å². The highest BCUT2D eigenvalue weighted by Crippen LogP contribution is 2.38. The van der Waals surface area contributed by atoms with Crippen molar-refractivity contribution in [2.24, 2.45) is 5.92 Å². The number of nitrogens with zero attached hydrogens (tertiary/aromatic N) is 3. The molecule has 0 radical (unpaired) electrons. The van der Waals surface area contributed by atoms with E-state index in [1.807, 2.05) is 4.68 Å². The minimum atomic E-state index is 0.402. The Hall–Kier alpha value is -0.870. The Kier molecular flexibility index (Phi) is 4.36. The van der Waals surface area contributed by atoms with Crippen LogP contribution in [0, 0.1) is 5.92 Å². The van der Waals surface area contributed by atoms with E-state index in [0.717, 1.165) is 19.6 Å². The summed E-state index contributed by atoms with van der Waals surface area (Å²) >= 11 is 0. The van der Waals surface area contributed by atoms with Crippen molar-refractivity contribution < 1.29 is 0 Å². The molecule has 0 aromatic carbocycles. The standard InChI is InChI=1S/C17H30N4/c1-4-21-11-15(9-19-21)10-20-12-16(14(2)3)18-13-17(20)7-5-6-8-17/h9,11,14,16,18H,4-8,10,12-13H2,1-3H3. The summed E-state index contributed by atoms with van der Waals surface area (Å²) in [5.74, 6) is 0.699. The molecular weight excluding hydrogens is 260 g/mol.